The summed E-state index contributed by atoms with van der Waals surface area (Å²) >= 11 is 0. The summed E-state index contributed by atoms with van der Waals surface area (Å²) in [5.41, 5.74) is 1.42. The Hall–Kier alpha value is -2.15. The summed E-state index contributed by atoms with van der Waals surface area (Å²) < 4.78 is 14.2. The molecule has 0 aromatic carbocycles. The zero-order valence-corrected chi connectivity index (χ0v) is 13.5. The molecular formula is C19H22FN3. The fourth-order valence-electron chi connectivity index (χ4n) is 3.36. The molecule has 23 heavy (non-hydrogen) atoms. The first-order chi connectivity index (χ1) is 11.0. The van der Waals surface area contributed by atoms with Crippen molar-refractivity contribution >= 4 is 5.71 Å². The van der Waals surface area contributed by atoms with Crippen LogP contribution in [0.25, 0.3) is 0 Å². The van der Waals surface area contributed by atoms with Gasteiger partial charge in [-0.2, -0.15) is 10.4 Å². The molecule has 0 amide bonds. The third kappa shape index (κ3) is 2.76. The van der Waals surface area contributed by atoms with Crippen LogP contribution in [0.15, 0.2) is 53.8 Å². The molecule has 1 heterocycles. The molecule has 0 spiro atoms. The smallest absolute Gasteiger partial charge is 0.143 e. The van der Waals surface area contributed by atoms with Gasteiger partial charge in [0.1, 0.15) is 6.17 Å². The van der Waals surface area contributed by atoms with Crippen molar-refractivity contribution in [2.75, 3.05) is 0 Å². The Morgan fingerprint density at radius 2 is 2.22 bits per heavy atom. The maximum absolute atomic E-state index is 14.2. The quantitative estimate of drug-likeness (QED) is 0.727. The van der Waals surface area contributed by atoms with E-state index in [2.05, 4.69) is 36.5 Å². The molecule has 0 radical (unpaired) electrons. The molecule has 1 aliphatic heterocycles. The first kappa shape index (κ1) is 15.7. The Bertz CT molecular complexity index is 661. The van der Waals surface area contributed by atoms with Gasteiger partial charge in [-0.15, -0.1) is 0 Å². The largest absolute Gasteiger partial charge is 0.263 e. The summed E-state index contributed by atoms with van der Waals surface area (Å²) in [7, 11) is 0. The minimum atomic E-state index is -1.06. The summed E-state index contributed by atoms with van der Waals surface area (Å²) in [5.74, 6) is 0.230. The molecule has 0 N–H and O–H groups in total. The van der Waals surface area contributed by atoms with Crippen molar-refractivity contribution in [3.63, 3.8) is 0 Å². The maximum Gasteiger partial charge on any atom is 0.143 e. The zero-order chi connectivity index (χ0) is 16.6. The van der Waals surface area contributed by atoms with Gasteiger partial charge in [0.05, 0.1) is 28.9 Å². The third-order valence-corrected chi connectivity index (χ3v) is 5.16. The highest BCUT2D eigenvalue weighted by Gasteiger charge is 2.47. The molecule has 0 bridgehead atoms. The van der Waals surface area contributed by atoms with E-state index in [9.17, 15) is 9.65 Å². The van der Waals surface area contributed by atoms with Gasteiger partial charge in [-0.3, -0.25) is 5.01 Å². The molecule has 2 aliphatic carbocycles. The van der Waals surface area contributed by atoms with E-state index in [-0.39, 0.29) is 12.0 Å². The van der Waals surface area contributed by atoms with Crippen molar-refractivity contribution < 1.29 is 4.39 Å². The number of rotatable bonds is 4. The molecule has 120 valence electrons. The molecule has 1 saturated heterocycles. The summed E-state index contributed by atoms with van der Waals surface area (Å²) in [6.45, 7) is 9.79. The Kier molecular flexibility index (Phi) is 3.97. The number of alkyl halides is 1. The number of hydrazone groups is 1. The number of allylic oxidation sites excluding steroid dienone is 5. The summed E-state index contributed by atoms with van der Waals surface area (Å²) in [4.78, 5) is 0. The van der Waals surface area contributed by atoms with Gasteiger partial charge >= 0.3 is 0 Å². The third-order valence-electron chi connectivity index (χ3n) is 5.16. The van der Waals surface area contributed by atoms with Gasteiger partial charge in [0.2, 0.25) is 0 Å². The second-order valence-electron chi connectivity index (χ2n) is 6.68. The van der Waals surface area contributed by atoms with Crippen LogP contribution in [0.2, 0.25) is 0 Å². The second-order valence-corrected chi connectivity index (χ2v) is 6.68. The normalized spacial score (nSPS) is 32.0. The minimum Gasteiger partial charge on any atom is -0.263 e. The van der Waals surface area contributed by atoms with Crippen molar-refractivity contribution in [1.29, 1.82) is 5.26 Å². The van der Waals surface area contributed by atoms with Crippen LogP contribution in [0.5, 0.6) is 0 Å². The fraction of sp³-hybridized carbons (Fsp3) is 0.474. The number of nitrogens with zero attached hydrogens (tertiary/aromatic N) is 3. The van der Waals surface area contributed by atoms with Crippen LogP contribution < -0.4 is 0 Å². The van der Waals surface area contributed by atoms with Crippen LogP contribution in [-0.4, -0.2) is 22.9 Å². The first-order valence-electron chi connectivity index (χ1n) is 8.10. The van der Waals surface area contributed by atoms with Crippen molar-refractivity contribution in [2.45, 2.75) is 44.8 Å². The number of hydrogen-bond donors (Lipinski definition) is 0. The molecule has 3 rings (SSSR count). The summed E-state index contributed by atoms with van der Waals surface area (Å²) in [5, 5.41) is 15.7. The Balaban J connectivity index is 1.83. The van der Waals surface area contributed by atoms with Crippen molar-refractivity contribution in [2.24, 2.45) is 16.4 Å². The first-order valence-corrected chi connectivity index (χ1v) is 8.10. The average Bonchev–Trinajstić information content (AvgIpc) is 3.33. The van der Waals surface area contributed by atoms with Crippen molar-refractivity contribution in [3.8, 4) is 6.07 Å². The van der Waals surface area contributed by atoms with Gasteiger partial charge in [0.15, 0.2) is 0 Å². The van der Waals surface area contributed by atoms with E-state index >= 15 is 0 Å². The van der Waals surface area contributed by atoms with Crippen molar-refractivity contribution in [1.82, 2.24) is 5.01 Å². The number of hydrogen-bond acceptors (Lipinski definition) is 3. The molecule has 3 atom stereocenters. The van der Waals surface area contributed by atoms with E-state index in [1.807, 2.05) is 19.1 Å². The molecule has 0 aromatic heterocycles. The van der Waals surface area contributed by atoms with Gasteiger partial charge < -0.3 is 0 Å². The van der Waals surface area contributed by atoms with Crippen LogP contribution in [0.3, 0.4) is 0 Å². The molecule has 2 fully saturated rings. The molecular weight excluding hydrogens is 289 g/mol. The Morgan fingerprint density at radius 3 is 2.78 bits per heavy atom. The molecule has 3 nitrogen and oxygen atoms in total. The minimum absolute atomic E-state index is 0.0290. The van der Waals surface area contributed by atoms with Gasteiger partial charge in [-0.05, 0) is 31.8 Å². The predicted molar refractivity (Wildman–Crippen MR) is 90.2 cm³/mol. The van der Waals surface area contributed by atoms with E-state index in [0.29, 0.717) is 17.8 Å². The topological polar surface area (TPSA) is 39.4 Å². The lowest BCUT2D eigenvalue weighted by atomic mass is 9.91. The Morgan fingerprint density at radius 1 is 1.48 bits per heavy atom. The molecule has 4 heteroatoms. The van der Waals surface area contributed by atoms with E-state index in [1.165, 1.54) is 0 Å². The highest BCUT2D eigenvalue weighted by Crippen LogP contribution is 2.51. The lowest BCUT2D eigenvalue weighted by Gasteiger charge is -2.29. The second kappa shape index (κ2) is 5.81. The Labute approximate surface area is 137 Å². The van der Waals surface area contributed by atoms with E-state index < -0.39 is 11.6 Å². The number of nitriles is 1. The fourth-order valence-corrected chi connectivity index (χ4v) is 3.36. The predicted octanol–water partition coefficient (Wildman–Crippen LogP) is 4.28. The highest BCUT2D eigenvalue weighted by molar-refractivity contribution is 6.00. The average molecular weight is 311 g/mol. The standard InChI is InChI=1S/C19H22FN3/c1-13(19(12-21)9-10-19)14(2)22-23-15(3)17(20)11-18(23)16-7-5-4-6-8-16/h4-7,16-18H,1,3,8-11H2,2H3/b22-14+. The highest BCUT2D eigenvalue weighted by atomic mass is 19.1. The SMILES string of the molecule is C=C1C(F)CC(C2C=CC=CC2)N1/N=C(\C)C(=C)C1(C#N)CC1. The van der Waals surface area contributed by atoms with Crippen LogP contribution >= 0.6 is 0 Å². The van der Waals surface area contributed by atoms with Gasteiger partial charge in [0.25, 0.3) is 0 Å². The molecule has 3 unspecified atom stereocenters. The lowest BCUT2D eigenvalue weighted by molar-refractivity contribution is 0.252. The zero-order valence-electron chi connectivity index (χ0n) is 13.5. The van der Waals surface area contributed by atoms with Gasteiger partial charge in [-0.25, -0.2) is 4.39 Å². The summed E-state index contributed by atoms with van der Waals surface area (Å²) in [6.07, 6.45) is 10.1. The molecule has 3 aliphatic rings. The van der Waals surface area contributed by atoms with Crippen LogP contribution in [0.1, 0.15) is 32.6 Å². The van der Waals surface area contributed by atoms with Crippen molar-refractivity contribution in [3.05, 3.63) is 48.7 Å². The molecule has 0 aromatic rings. The van der Waals surface area contributed by atoms with Crippen LogP contribution in [-0.2, 0) is 0 Å². The molecule has 1 saturated carbocycles. The van der Waals surface area contributed by atoms with E-state index in [0.717, 1.165) is 24.8 Å². The van der Waals surface area contributed by atoms with Gasteiger partial charge in [0, 0.05) is 12.3 Å². The van der Waals surface area contributed by atoms with Gasteiger partial charge in [-0.1, -0.05) is 37.5 Å². The maximum atomic E-state index is 14.2. The van der Waals surface area contributed by atoms with E-state index in [4.69, 9.17) is 0 Å². The monoisotopic (exact) mass is 311 g/mol. The van der Waals surface area contributed by atoms with E-state index in [1.54, 1.807) is 5.01 Å². The number of halogens is 1. The van der Waals surface area contributed by atoms with Crippen LogP contribution in [0.4, 0.5) is 4.39 Å². The lowest BCUT2D eigenvalue weighted by Crippen LogP contribution is -2.31. The van der Waals surface area contributed by atoms with Crippen LogP contribution in [0, 0.1) is 22.7 Å². The summed E-state index contributed by atoms with van der Waals surface area (Å²) in [6, 6.07) is 2.31.